The molecule has 6 nitrogen and oxygen atoms in total. The van der Waals surface area contributed by atoms with Crippen LogP contribution in [-0.2, 0) is 14.4 Å². The minimum atomic E-state index is -0.825. The first-order chi connectivity index (χ1) is 12.5. The Balaban J connectivity index is 1.69. The monoisotopic (exact) mass is 356 g/mol. The quantitative estimate of drug-likeness (QED) is 0.854. The first-order valence-electron chi connectivity index (χ1n) is 7.96. The Labute approximate surface area is 149 Å². The molecule has 134 valence electrons. The highest BCUT2D eigenvalue weighted by Gasteiger charge is 2.29. The molecule has 1 amide bonds. The Kier molecular flexibility index (Phi) is 4.97. The third-order valence-corrected chi connectivity index (χ3v) is 4.04. The number of halogens is 1. The van der Waals surface area contributed by atoms with E-state index in [9.17, 15) is 14.0 Å². The lowest BCUT2D eigenvalue weighted by Gasteiger charge is -2.12. The number of carbonyl (C=O) groups is 2. The van der Waals surface area contributed by atoms with Gasteiger partial charge in [-0.2, -0.15) is 0 Å². The first-order valence-corrected chi connectivity index (χ1v) is 7.96. The van der Waals surface area contributed by atoms with Crippen LogP contribution in [0.25, 0.3) is 0 Å². The maximum Gasteiger partial charge on any atom is 0.337 e. The second-order valence-corrected chi connectivity index (χ2v) is 5.86. The number of carbonyl (C=O) groups excluding carboxylic acids is 2. The highest BCUT2D eigenvalue weighted by Crippen LogP contribution is 2.21. The lowest BCUT2D eigenvalue weighted by molar-refractivity contribution is -0.125. The molecule has 1 aliphatic rings. The van der Waals surface area contributed by atoms with E-state index in [1.165, 1.54) is 19.2 Å². The molecule has 0 aromatic heterocycles. The van der Waals surface area contributed by atoms with Crippen molar-refractivity contribution in [2.75, 3.05) is 12.4 Å². The number of methoxy groups -OCH3 is 1. The van der Waals surface area contributed by atoms with Gasteiger partial charge in [0.15, 0.2) is 0 Å². The van der Waals surface area contributed by atoms with Crippen LogP contribution < -0.4 is 5.32 Å². The van der Waals surface area contributed by atoms with E-state index < -0.39 is 18.0 Å². The molecular weight excluding hydrogens is 339 g/mol. The molecule has 1 heterocycles. The first kappa shape index (κ1) is 17.6. The predicted molar refractivity (Wildman–Crippen MR) is 93.6 cm³/mol. The van der Waals surface area contributed by atoms with Crippen LogP contribution in [0.1, 0.15) is 27.9 Å². The molecule has 1 atom stereocenters. The Morgan fingerprint density at radius 2 is 2.08 bits per heavy atom. The number of hydrogen-bond donors (Lipinski definition) is 1. The molecule has 0 saturated carbocycles. The van der Waals surface area contributed by atoms with Gasteiger partial charge in [-0.1, -0.05) is 23.4 Å². The number of aryl methyl sites for hydroxylation is 1. The molecular formula is C19H17FN2O4. The summed E-state index contributed by atoms with van der Waals surface area (Å²) in [6.45, 7) is 1.81. The number of oxime groups is 1. The van der Waals surface area contributed by atoms with Crippen molar-refractivity contribution in [2.45, 2.75) is 19.4 Å². The topological polar surface area (TPSA) is 77.0 Å². The normalized spacial score (nSPS) is 15.8. The van der Waals surface area contributed by atoms with Gasteiger partial charge in [0.25, 0.3) is 5.91 Å². The Bertz CT molecular complexity index is 895. The van der Waals surface area contributed by atoms with Gasteiger partial charge in [0.1, 0.15) is 5.82 Å². The van der Waals surface area contributed by atoms with Crippen molar-refractivity contribution in [2.24, 2.45) is 5.16 Å². The zero-order valence-electron chi connectivity index (χ0n) is 14.3. The van der Waals surface area contributed by atoms with Crippen molar-refractivity contribution in [3.05, 3.63) is 65.0 Å². The van der Waals surface area contributed by atoms with Crippen molar-refractivity contribution in [1.82, 2.24) is 0 Å². The van der Waals surface area contributed by atoms with Gasteiger partial charge in [0.2, 0.25) is 6.10 Å². The highest BCUT2D eigenvalue weighted by molar-refractivity contribution is 6.06. The summed E-state index contributed by atoms with van der Waals surface area (Å²) in [5.74, 6) is -1.27. The third-order valence-electron chi connectivity index (χ3n) is 4.04. The van der Waals surface area contributed by atoms with E-state index in [-0.39, 0.29) is 12.2 Å². The van der Waals surface area contributed by atoms with E-state index in [1.54, 1.807) is 37.3 Å². The number of hydrogen-bond acceptors (Lipinski definition) is 5. The fourth-order valence-corrected chi connectivity index (χ4v) is 2.57. The van der Waals surface area contributed by atoms with Crippen molar-refractivity contribution >= 4 is 23.3 Å². The average molecular weight is 356 g/mol. The Morgan fingerprint density at radius 1 is 1.27 bits per heavy atom. The van der Waals surface area contributed by atoms with E-state index in [1.807, 2.05) is 0 Å². The number of esters is 1. The molecule has 3 rings (SSSR count). The maximum absolute atomic E-state index is 13.3. The number of benzene rings is 2. The van der Waals surface area contributed by atoms with Gasteiger partial charge < -0.3 is 14.9 Å². The second-order valence-electron chi connectivity index (χ2n) is 5.86. The van der Waals surface area contributed by atoms with Crippen LogP contribution in [0.3, 0.4) is 0 Å². The smallest absolute Gasteiger partial charge is 0.337 e. The van der Waals surface area contributed by atoms with E-state index >= 15 is 0 Å². The Morgan fingerprint density at radius 3 is 2.81 bits per heavy atom. The molecule has 0 spiro atoms. The summed E-state index contributed by atoms with van der Waals surface area (Å²) >= 11 is 0. The number of rotatable bonds is 4. The van der Waals surface area contributed by atoms with Gasteiger partial charge in [0.05, 0.1) is 18.4 Å². The second kappa shape index (κ2) is 7.35. The van der Waals surface area contributed by atoms with Gasteiger partial charge >= 0.3 is 5.97 Å². The molecule has 7 heteroatoms. The van der Waals surface area contributed by atoms with Gasteiger partial charge in [0, 0.05) is 17.7 Å². The summed E-state index contributed by atoms with van der Waals surface area (Å²) in [7, 11) is 1.29. The number of amides is 1. The molecule has 1 aliphatic heterocycles. The summed E-state index contributed by atoms with van der Waals surface area (Å²) in [5.41, 5.74) is 2.68. The van der Waals surface area contributed by atoms with Crippen LogP contribution in [-0.4, -0.2) is 30.8 Å². The van der Waals surface area contributed by atoms with Crippen LogP contribution >= 0.6 is 0 Å². The molecule has 1 unspecified atom stereocenters. The van der Waals surface area contributed by atoms with Crippen molar-refractivity contribution in [3.8, 4) is 0 Å². The number of nitrogens with zero attached hydrogens (tertiary/aromatic N) is 1. The largest absolute Gasteiger partial charge is 0.465 e. The van der Waals surface area contributed by atoms with E-state index in [2.05, 4.69) is 15.2 Å². The van der Waals surface area contributed by atoms with Gasteiger partial charge in [-0.3, -0.25) is 4.79 Å². The van der Waals surface area contributed by atoms with E-state index in [0.717, 1.165) is 5.56 Å². The van der Waals surface area contributed by atoms with Crippen molar-refractivity contribution < 1.29 is 23.6 Å². The fraction of sp³-hybridized carbons (Fsp3) is 0.211. The SMILES string of the molecule is COC(=O)c1ccc(C)c(NC(=O)C2CC(c3cccc(F)c3)=NO2)c1. The molecule has 0 bridgehead atoms. The Hall–Kier alpha value is -3.22. The summed E-state index contributed by atoms with van der Waals surface area (Å²) in [4.78, 5) is 29.3. The third kappa shape index (κ3) is 3.72. The minimum absolute atomic E-state index is 0.227. The number of nitrogens with one attached hydrogen (secondary N) is 1. The maximum atomic E-state index is 13.3. The van der Waals surface area contributed by atoms with E-state index in [0.29, 0.717) is 22.5 Å². The molecule has 0 saturated heterocycles. The number of anilines is 1. The zero-order valence-corrected chi connectivity index (χ0v) is 14.3. The molecule has 0 aliphatic carbocycles. The lowest BCUT2D eigenvalue weighted by atomic mass is 10.0. The standard InChI is InChI=1S/C19H17FN2O4/c1-11-6-7-13(19(24)25-2)9-15(11)21-18(23)17-10-16(22-26-17)12-4-3-5-14(20)8-12/h3-9,17H,10H2,1-2H3,(H,21,23). The molecule has 0 fully saturated rings. The van der Waals surface area contributed by atoms with Gasteiger partial charge in [-0.15, -0.1) is 0 Å². The van der Waals surface area contributed by atoms with Crippen LogP contribution in [0.5, 0.6) is 0 Å². The zero-order chi connectivity index (χ0) is 18.7. The van der Waals surface area contributed by atoms with Crippen LogP contribution in [0.15, 0.2) is 47.6 Å². The summed E-state index contributed by atoms with van der Waals surface area (Å²) in [6, 6.07) is 10.8. The molecule has 0 radical (unpaired) electrons. The van der Waals surface area contributed by atoms with Crippen LogP contribution in [0.2, 0.25) is 0 Å². The molecule has 2 aromatic carbocycles. The van der Waals surface area contributed by atoms with Gasteiger partial charge in [-0.25, -0.2) is 9.18 Å². The number of ether oxygens (including phenoxy) is 1. The summed E-state index contributed by atoms with van der Waals surface area (Å²) in [6.07, 6.45) is -0.597. The van der Waals surface area contributed by atoms with Crippen molar-refractivity contribution in [3.63, 3.8) is 0 Å². The molecule has 2 aromatic rings. The average Bonchev–Trinajstić information content (AvgIpc) is 3.13. The summed E-state index contributed by atoms with van der Waals surface area (Å²) in [5, 5.41) is 6.62. The molecule has 1 N–H and O–H groups in total. The predicted octanol–water partition coefficient (Wildman–Crippen LogP) is 3.05. The van der Waals surface area contributed by atoms with Crippen molar-refractivity contribution in [1.29, 1.82) is 0 Å². The van der Waals surface area contributed by atoms with Crippen LogP contribution in [0.4, 0.5) is 10.1 Å². The fourth-order valence-electron chi connectivity index (χ4n) is 2.57. The summed E-state index contributed by atoms with van der Waals surface area (Å²) < 4.78 is 18.0. The highest BCUT2D eigenvalue weighted by atomic mass is 19.1. The van der Waals surface area contributed by atoms with Gasteiger partial charge in [-0.05, 0) is 36.8 Å². The van der Waals surface area contributed by atoms with E-state index in [4.69, 9.17) is 4.84 Å². The molecule has 26 heavy (non-hydrogen) atoms. The minimum Gasteiger partial charge on any atom is -0.465 e. The van der Waals surface area contributed by atoms with Crippen LogP contribution in [0, 0.1) is 12.7 Å². The lowest BCUT2D eigenvalue weighted by Crippen LogP contribution is -2.28.